The van der Waals surface area contributed by atoms with Crippen molar-refractivity contribution in [1.82, 2.24) is 9.47 Å². The van der Waals surface area contributed by atoms with Crippen LogP contribution in [0.5, 0.6) is 0 Å². The number of aromatic nitrogens is 1. The van der Waals surface area contributed by atoms with E-state index < -0.39 is 0 Å². The van der Waals surface area contributed by atoms with E-state index in [9.17, 15) is 4.79 Å². The number of nitrogens with zero attached hydrogens (tertiary/aromatic N) is 3. The number of benzene rings is 1. The molecule has 0 radical (unpaired) electrons. The molecule has 5 nitrogen and oxygen atoms in total. The van der Waals surface area contributed by atoms with Crippen LogP contribution in [0.25, 0.3) is 0 Å². The van der Waals surface area contributed by atoms with Gasteiger partial charge >= 0.3 is 5.97 Å². The summed E-state index contributed by atoms with van der Waals surface area (Å²) < 4.78 is 7.48. The quantitative estimate of drug-likeness (QED) is 0.812. The second kappa shape index (κ2) is 6.32. The van der Waals surface area contributed by atoms with Gasteiger partial charge in [-0.25, -0.2) is 0 Å². The molecule has 4 rings (SSSR count). The zero-order valence-corrected chi connectivity index (χ0v) is 14.0. The monoisotopic (exact) mass is 325 g/mol. The number of para-hydroxylation sites is 1. The van der Waals surface area contributed by atoms with E-state index in [-0.39, 0.29) is 5.97 Å². The lowest BCUT2D eigenvalue weighted by Crippen LogP contribution is -2.49. The van der Waals surface area contributed by atoms with E-state index in [0.29, 0.717) is 12.6 Å². The number of hydrogen-bond donors (Lipinski definition) is 0. The van der Waals surface area contributed by atoms with Gasteiger partial charge in [0.2, 0.25) is 0 Å². The van der Waals surface area contributed by atoms with Gasteiger partial charge in [0.15, 0.2) is 0 Å². The molecule has 0 N–H and O–H groups in total. The van der Waals surface area contributed by atoms with Crippen molar-refractivity contribution < 1.29 is 9.53 Å². The fourth-order valence-corrected chi connectivity index (χ4v) is 3.88. The predicted octanol–water partition coefficient (Wildman–Crippen LogP) is 2.28. The van der Waals surface area contributed by atoms with Crippen molar-refractivity contribution in [3.63, 3.8) is 0 Å². The van der Waals surface area contributed by atoms with Crippen LogP contribution in [0.15, 0.2) is 42.6 Å². The highest BCUT2D eigenvalue weighted by Gasteiger charge is 2.33. The van der Waals surface area contributed by atoms with Gasteiger partial charge in [0.25, 0.3) is 0 Å². The Morgan fingerprint density at radius 2 is 2.08 bits per heavy atom. The second-order valence-corrected chi connectivity index (χ2v) is 6.54. The van der Waals surface area contributed by atoms with E-state index in [1.807, 2.05) is 0 Å². The maximum Gasteiger partial charge on any atom is 0.302 e. The smallest absolute Gasteiger partial charge is 0.302 e. The lowest BCUT2D eigenvalue weighted by Gasteiger charge is -2.42. The number of carbonyl (C=O) groups excluding carboxylic acids is 1. The molecule has 1 saturated heterocycles. The minimum absolute atomic E-state index is 0.203. The van der Waals surface area contributed by atoms with Gasteiger partial charge in [0, 0.05) is 57.2 Å². The molecular weight excluding hydrogens is 302 g/mol. The minimum atomic E-state index is -0.203. The van der Waals surface area contributed by atoms with Crippen molar-refractivity contribution in [2.24, 2.45) is 0 Å². The number of rotatable bonds is 3. The first-order valence-corrected chi connectivity index (χ1v) is 8.57. The van der Waals surface area contributed by atoms with Gasteiger partial charge in [-0.3, -0.25) is 9.69 Å². The summed E-state index contributed by atoms with van der Waals surface area (Å²) >= 11 is 0. The topological polar surface area (TPSA) is 37.7 Å². The Hall–Kier alpha value is -2.27. The molecule has 126 valence electrons. The summed E-state index contributed by atoms with van der Waals surface area (Å²) in [7, 11) is 0. The summed E-state index contributed by atoms with van der Waals surface area (Å²) in [6, 6.07) is 13.4. The van der Waals surface area contributed by atoms with Crippen LogP contribution in [0, 0.1) is 0 Å². The third-order valence-electron chi connectivity index (χ3n) is 5.03. The first kappa shape index (κ1) is 15.3. The molecule has 0 bridgehead atoms. The Morgan fingerprint density at radius 3 is 2.96 bits per heavy atom. The molecule has 0 aliphatic carbocycles. The Labute approximate surface area is 142 Å². The molecule has 3 heterocycles. The highest BCUT2D eigenvalue weighted by atomic mass is 16.5. The maximum absolute atomic E-state index is 11.0. The Bertz CT molecular complexity index is 740. The molecule has 1 unspecified atom stereocenters. The standard InChI is InChI=1S/C19H23N3O2/c1-15(23)24-12-11-20-9-10-22-17-6-3-2-5-16(17)13-21-8-4-7-18(21)19(22)14-20/h2-8,19H,9-14H2,1H3. The van der Waals surface area contributed by atoms with E-state index in [0.717, 1.165) is 32.7 Å². The van der Waals surface area contributed by atoms with Gasteiger partial charge in [-0.1, -0.05) is 18.2 Å². The molecule has 2 aliphatic heterocycles. The molecule has 0 amide bonds. The molecule has 1 aromatic heterocycles. The third-order valence-corrected chi connectivity index (χ3v) is 5.03. The van der Waals surface area contributed by atoms with Gasteiger partial charge in [-0.2, -0.15) is 0 Å². The van der Waals surface area contributed by atoms with Crippen molar-refractivity contribution in [2.75, 3.05) is 37.7 Å². The molecule has 5 heteroatoms. The number of fused-ring (bicyclic) bond motifs is 5. The predicted molar refractivity (Wildman–Crippen MR) is 93.1 cm³/mol. The molecule has 1 atom stereocenters. The molecule has 24 heavy (non-hydrogen) atoms. The number of anilines is 1. The van der Waals surface area contributed by atoms with Crippen LogP contribution in [-0.2, 0) is 16.1 Å². The number of hydrogen-bond acceptors (Lipinski definition) is 4. The first-order chi connectivity index (χ1) is 11.7. The van der Waals surface area contributed by atoms with Crippen LogP contribution >= 0.6 is 0 Å². The lowest BCUT2D eigenvalue weighted by atomic mass is 10.1. The van der Waals surface area contributed by atoms with E-state index in [4.69, 9.17) is 4.74 Å². The second-order valence-electron chi connectivity index (χ2n) is 6.54. The van der Waals surface area contributed by atoms with Crippen LogP contribution < -0.4 is 4.90 Å². The summed E-state index contributed by atoms with van der Waals surface area (Å²) in [5, 5.41) is 0. The van der Waals surface area contributed by atoms with Crippen LogP contribution in [0.1, 0.15) is 24.2 Å². The highest BCUT2D eigenvalue weighted by molar-refractivity contribution is 5.65. The molecule has 0 saturated carbocycles. The van der Waals surface area contributed by atoms with Crippen molar-refractivity contribution in [3.05, 3.63) is 53.9 Å². The summed E-state index contributed by atoms with van der Waals surface area (Å²) in [4.78, 5) is 15.9. The molecule has 0 spiro atoms. The largest absolute Gasteiger partial charge is 0.465 e. The first-order valence-electron chi connectivity index (χ1n) is 8.57. The summed E-state index contributed by atoms with van der Waals surface area (Å²) in [6.45, 7) is 6.61. The molecule has 1 fully saturated rings. The summed E-state index contributed by atoms with van der Waals surface area (Å²) in [5.41, 5.74) is 4.10. The Kier molecular flexibility index (Phi) is 4.02. The third kappa shape index (κ3) is 2.80. The van der Waals surface area contributed by atoms with Gasteiger partial charge in [0.05, 0.1) is 6.04 Å². The molecule has 1 aromatic carbocycles. The van der Waals surface area contributed by atoms with Crippen molar-refractivity contribution in [3.8, 4) is 0 Å². The van der Waals surface area contributed by atoms with E-state index in [1.54, 1.807) is 0 Å². The average molecular weight is 325 g/mol. The zero-order valence-electron chi connectivity index (χ0n) is 14.0. The average Bonchev–Trinajstić information content (AvgIpc) is 2.98. The van der Waals surface area contributed by atoms with Gasteiger partial charge in [-0.15, -0.1) is 0 Å². The minimum Gasteiger partial charge on any atom is -0.465 e. The summed E-state index contributed by atoms with van der Waals surface area (Å²) in [5.74, 6) is -0.203. The number of ether oxygens (including phenoxy) is 1. The van der Waals surface area contributed by atoms with Crippen LogP contribution in [0.4, 0.5) is 5.69 Å². The lowest BCUT2D eigenvalue weighted by molar-refractivity contribution is -0.141. The number of esters is 1. The fraction of sp³-hybridized carbons (Fsp3) is 0.421. The van der Waals surface area contributed by atoms with Crippen molar-refractivity contribution in [2.45, 2.75) is 19.5 Å². The van der Waals surface area contributed by atoms with Gasteiger partial charge in [0.1, 0.15) is 6.61 Å². The van der Waals surface area contributed by atoms with Gasteiger partial charge < -0.3 is 14.2 Å². The Balaban J connectivity index is 1.59. The van der Waals surface area contributed by atoms with E-state index >= 15 is 0 Å². The molecule has 2 aromatic rings. The van der Waals surface area contributed by atoms with E-state index in [1.165, 1.54) is 23.9 Å². The molecule has 2 aliphatic rings. The number of piperazine rings is 1. The van der Waals surface area contributed by atoms with Crippen molar-refractivity contribution >= 4 is 11.7 Å². The maximum atomic E-state index is 11.0. The molecular formula is C19H23N3O2. The highest BCUT2D eigenvalue weighted by Crippen LogP contribution is 2.36. The van der Waals surface area contributed by atoms with E-state index in [2.05, 4.69) is 57.0 Å². The SMILES string of the molecule is CC(=O)OCCN1CCN2c3ccccc3Cn3cccc3C2C1. The fourth-order valence-electron chi connectivity index (χ4n) is 3.88. The zero-order chi connectivity index (χ0) is 16.5. The Morgan fingerprint density at radius 1 is 1.21 bits per heavy atom. The van der Waals surface area contributed by atoms with Crippen molar-refractivity contribution in [1.29, 1.82) is 0 Å². The van der Waals surface area contributed by atoms with Crippen LogP contribution in [-0.4, -0.2) is 48.2 Å². The van der Waals surface area contributed by atoms with Gasteiger partial charge in [-0.05, 0) is 23.8 Å². The normalized spacial score (nSPS) is 19.9. The van der Waals surface area contributed by atoms with Crippen LogP contribution in [0.2, 0.25) is 0 Å². The summed E-state index contributed by atoms with van der Waals surface area (Å²) in [6.07, 6.45) is 2.17. The van der Waals surface area contributed by atoms with Crippen LogP contribution in [0.3, 0.4) is 0 Å². The number of carbonyl (C=O) groups is 1.